The zero-order valence-corrected chi connectivity index (χ0v) is 20.6. The molecule has 0 saturated heterocycles. The van der Waals surface area contributed by atoms with Gasteiger partial charge in [0.05, 0.1) is 47.5 Å². The molecule has 0 radical (unpaired) electrons. The summed E-state index contributed by atoms with van der Waals surface area (Å²) < 4.78 is 29.3. The monoisotopic (exact) mass is 546 g/mol. The van der Waals surface area contributed by atoms with Crippen LogP contribution in [0, 0.1) is 23.0 Å². The van der Waals surface area contributed by atoms with E-state index in [0.29, 0.717) is 16.9 Å². The van der Waals surface area contributed by atoms with Gasteiger partial charge in [-0.15, -0.1) is 0 Å². The molecule has 0 bridgehead atoms. The molecule has 0 saturated carbocycles. The van der Waals surface area contributed by atoms with Crippen LogP contribution in [-0.2, 0) is 0 Å². The van der Waals surface area contributed by atoms with Crippen LogP contribution in [0.4, 0.5) is 25.0 Å². The van der Waals surface area contributed by atoms with E-state index in [-0.39, 0.29) is 39.5 Å². The summed E-state index contributed by atoms with van der Waals surface area (Å²) in [5.74, 6) is -1.59. The number of nitrogens with one attached hydrogen (secondary N) is 2. The predicted octanol–water partition coefficient (Wildman–Crippen LogP) is 4.59. The van der Waals surface area contributed by atoms with Crippen molar-refractivity contribution in [2.24, 2.45) is 0 Å². The molecule has 3 amide bonds. The molecule has 3 heterocycles. The first-order valence-corrected chi connectivity index (χ1v) is 12.1. The van der Waals surface area contributed by atoms with Gasteiger partial charge in [-0.25, -0.2) is 18.3 Å². The zero-order chi connectivity index (χ0) is 27.4. The molecule has 3 aromatic carbocycles. The SMILES string of the molecule is N#Cc1cnn(-c2cc(NC(=O)N3C[C@H](O)c4cc(F)ccc43)c3c(c2)C(=O)N[C@@H]3c2cc(F)ccc2Cl)c1. The molecule has 0 aliphatic carbocycles. The third-order valence-electron chi connectivity index (χ3n) is 6.70. The molecule has 4 aromatic rings. The Morgan fingerprint density at radius 1 is 1.15 bits per heavy atom. The maximum Gasteiger partial charge on any atom is 0.326 e. The van der Waals surface area contributed by atoms with Crippen molar-refractivity contribution in [2.75, 3.05) is 16.8 Å². The highest BCUT2D eigenvalue weighted by Gasteiger charge is 2.37. The molecule has 2 atom stereocenters. The summed E-state index contributed by atoms with van der Waals surface area (Å²) in [4.78, 5) is 27.9. The van der Waals surface area contributed by atoms with Crippen LogP contribution in [0.3, 0.4) is 0 Å². The van der Waals surface area contributed by atoms with Gasteiger partial charge < -0.3 is 15.7 Å². The van der Waals surface area contributed by atoms with Crippen molar-refractivity contribution in [2.45, 2.75) is 12.1 Å². The van der Waals surface area contributed by atoms with Gasteiger partial charge in [0, 0.05) is 33.5 Å². The molecule has 0 spiro atoms. The summed E-state index contributed by atoms with van der Waals surface area (Å²) in [6, 6.07) is 11.1. The summed E-state index contributed by atoms with van der Waals surface area (Å²) in [6.45, 7) is -0.118. The van der Waals surface area contributed by atoms with Crippen molar-refractivity contribution >= 4 is 34.9 Å². The molecule has 0 unspecified atom stereocenters. The second kappa shape index (κ2) is 9.20. The van der Waals surface area contributed by atoms with Crippen LogP contribution < -0.4 is 15.5 Å². The first-order valence-electron chi connectivity index (χ1n) is 11.7. The van der Waals surface area contributed by atoms with Crippen LogP contribution >= 0.6 is 11.6 Å². The van der Waals surface area contributed by atoms with E-state index in [1.165, 1.54) is 58.4 Å². The molecule has 194 valence electrons. The lowest BCUT2D eigenvalue weighted by Gasteiger charge is -2.22. The number of benzene rings is 3. The summed E-state index contributed by atoms with van der Waals surface area (Å²) in [6.07, 6.45) is 1.72. The zero-order valence-electron chi connectivity index (χ0n) is 19.8. The topological polar surface area (TPSA) is 123 Å². The highest BCUT2D eigenvalue weighted by Crippen LogP contribution is 2.41. The van der Waals surface area contributed by atoms with E-state index in [9.17, 15) is 28.7 Å². The van der Waals surface area contributed by atoms with Gasteiger partial charge in [0.2, 0.25) is 0 Å². The van der Waals surface area contributed by atoms with E-state index in [1.807, 2.05) is 6.07 Å². The van der Waals surface area contributed by atoms with Crippen molar-refractivity contribution in [1.29, 1.82) is 5.26 Å². The van der Waals surface area contributed by atoms with Crippen LogP contribution in [0.5, 0.6) is 0 Å². The van der Waals surface area contributed by atoms with Gasteiger partial charge in [-0.1, -0.05) is 11.6 Å². The molecule has 9 nitrogen and oxygen atoms in total. The molecule has 6 rings (SSSR count). The van der Waals surface area contributed by atoms with Crippen LogP contribution in [-0.4, -0.2) is 33.4 Å². The van der Waals surface area contributed by atoms with Gasteiger partial charge in [0.1, 0.15) is 17.7 Å². The van der Waals surface area contributed by atoms with Crippen LogP contribution in [0.25, 0.3) is 5.69 Å². The summed E-state index contributed by atoms with van der Waals surface area (Å²) >= 11 is 6.37. The molecule has 39 heavy (non-hydrogen) atoms. The Labute approximate surface area is 224 Å². The van der Waals surface area contributed by atoms with Gasteiger partial charge in [-0.05, 0) is 48.5 Å². The van der Waals surface area contributed by atoms with Crippen LogP contribution in [0.15, 0.2) is 60.9 Å². The molecular weight excluding hydrogens is 530 g/mol. The number of β-amino-alcohol motifs (C(OH)–C–C–N with tert-alkyl or cyclic N) is 1. The standard InChI is InChI=1S/C27H17ClF2N6O3/c28-20-3-1-14(29)5-17(20)25-24-19(26(38)34-25)7-16(36-11-13(9-31)10-32-36)8-21(24)33-27(39)35-12-23(37)18-6-15(30)2-4-22(18)35/h1-8,10-11,23,25,37H,12H2,(H,33,39)(H,34,38)/t23-,25+/m0/s1. The highest BCUT2D eigenvalue weighted by molar-refractivity contribution is 6.31. The number of hydrogen-bond acceptors (Lipinski definition) is 5. The second-order valence-corrected chi connectivity index (χ2v) is 9.48. The summed E-state index contributed by atoms with van der Waals surface area (Å²) in [7, 11) is 0. The van der Waals surface area contributed by atoms with Gasteiger partial charge in [-0.3, -0.25) is 9.69 Å². The number of anilines is 2. The number of rotatable bonds is 3. The Balaban J connectivity index is 1.47. The maximum absolute atomic E-state index is 14.2. The molecule has 2 aliphatic heterocycles. The first-order chi connectivity index (χ1) is 18.7. The van der Waals surface area contributed by atoms with Gasteiger partial charge in [-0.2, -0.15) is 10.4 Å². The minimum absolute atomic E-state index is 0.118. The fourth-order valence-corrected chi connectivity index (χ4v) is 5.15. The Morgan fingerprint density at radius 2 is 1.90 bits per heavy atom. The third kappa shape index (κ3) is 4.16. The van der Waals surface area contributed by atoms with Gasteiger partial charge in [0.15, 0.2) is 0 Å². The number of aliphatic hydroxyl groups excluding tert-OH is 1. The smallest absolute Gasteiger partial charge is 0.326 e. The average molecular weight is 547 g/mol. The Bertz CT molecular complexity index is 1730. The Morgan fingerprint density at radius 3 is 2.64 bits per heavy atom. The number of urea groups is 1. The number of fused-ring (bicyclic) bond motifs is 2. The Kier molecular flexibility index (Phi) is 5.79. The number of carbonyl (C=O) groups excluding carboxylic acids is 2. The van der Waals surface area contributed by atoms with E-state index in [4.69, 9.17) is 11.6 Å². The van der Waals surface area contributed by atoms with Gasteiger partial charge in [0.25, 0.3) is 5.91 Å². The van der Waals surface area contributed by atoms with Crippen LogP contribution in [0.1, 0.15) is 44.8 Å². The van der Waals surface area contributed by atoms with E-state index >= 15 is 0 Å². The van der Waals surface area contributed by atoms with E-state index in [2.05, 4.69) is 15.7 Å². The van der Waals surface area contributed by atoms with Crippen LogP contribution in [0.2, 0.25) is 5.02 Å². The lowest BCUT2D eigenvalue weighted by Crippen LogP contribution is -2.34. The van der Waals surface area contributed by atoms with E-state index in [0.717, 1.165) is 0 Å². The summed E-state index contributed by atoms with van der Waals surface area (Å²) in [5, 5.41) is 29.6. The fraction of sp³-hybridized carbons (Fsp3) is 0.111. The molecule has 2 aliphatic rings. The number of nitrogens with zero attached hydrogens (tertiary/aromatic N) is 4. The maximum atomic E-state index is 14.2. The largest absolute Gasteiger partial charge is 0.386 e. The lowest BCUT2D eigenvalue weighted by molar-refractivity contribution is 0.0960. The predicted molar refractivity (Wildman–Crippen MR) is 137 cm³/mol. The van der Waals surface area contributed by atoms with E-state index in [1.54, 1.807) is 12.1 Å². The van der Waals surface area contributed by atoms with Crippen molar-refractivity contribution in [3.05, 3.63) is 105 Å². The minimum atomic E-state index is -1.09. The number of halogens is 3. The second-order valence-electron chi connectivity index (χ2n) is 9.07. The van der Waals surface area contributed by atoms with Crippen molar-refractivity contribution < 1.29 is 23.5 Å². The fourth-order valence-electron chi connectivity index (χ4n) is 4.93. The number of aromatic nitrogens is 2. The van der Waals surface area contributed by atoms with Crippen molar-refractivity contribution in [3.63, 3.8) is 0 Å². The van der Waals surface area contributed by atoms with Gasteiger partial charge >= 0.3 is 6.03 Å². The molecular formula is C27H17ClF2N6O3. The number of amides is 3. The highest BCUT2D eigenvalue weighted by atomic mass is 35.5. The lowest BCUT2D eigenvalue weighted by atomic mass is 9.95. The first kappa shape index (κ1) is 24.5. The number of hydrogen-bond donors (Lipinski definition) is 3. The number of carbonyl (C=O) groups is 2. The molecule has 12 heteroatoms. The average Bonchev–Trinajstić information content (AvgIpc) is 3.62. The summed E-state index contributed by atoms with van der Waals surface area (Å²) in [5.41, 5.74) is 2.26. The normalized spacial score (nSPS) is 17.4. The van der Waals surface area contributed by atoms with Crippen molar-refractivity contribution in [3.8, 4) is 11.8 Å². The number of nitriles is 1. The number of aliphatic hydroxyl groups is 1. The minimum Gasteiger partial charge on any atom is -0.386 e. The van der Waals surface area contributed by atoms with E-state index < -0.39 is 35.7 Å². The molecule has 0 fully saturated rings. The third-order valence-corrected chi connectivity index (χ3v) is 7.04. The Hall–Kier alpha value is -4.79. The molecule has 3 N–H and O–H groups in total. The quantitative estimate of drug-likeness (QED) is 0.347. The molecule has 1 aromatic heterocycles. The van der Waals surface area contributed by atoms with Crippen molar-refractivity contribution in [1.82, 2.24) is 15.1 Å².